The van der Waals surface area contributed by atoms with Gasteiger partial charge in [0.25, 0.3) is 11.7 Å². The molecule has 0 unspecified atom stereocenters. The van der Waals surface area contributed by atoms with E-state index in [2.05, 4.69) is 4.90 Å². The summed E-state index contributed by atoms with van der Waals surface area (Å²) < 4.78 is 27.8. The molecule has 0 bridgehead atoms. The fourth-order valence-electron chi connectivity index (χ4n) is 4.98. The number of likely N-dealkylation sites (tertiary alicyclic amines) is 1. The number of benzene rings is 2. The van der Waals surface area contributed by atoms with Crippen molar-refractivity contribution in [2.24, 2.45) is 0 Å². The van der Waals surface area contributed by atoms with Gasteiger partial charge in [0.15, 0.2) is 23.0 Å². The lowest BCUT2D eigenvalue weighted by atomic mass is 9.94. The normalized spacial score (nSPS) is 21.2. The molecule has 2 fully saturated rings. The zero-order chi connectivity index (χ0) is 25.9. The zero-order valence-corrected chi connectivity index (χ0v) is 20.9. The average molecular weight is 511 g/mol. The van der Waals surface area contributed by atoms with E-state index in [1.54, 1.807) is 36.4 Å². The number of para-hydroxylation sites is 1. The third kappa shape index (κ3) is 4.70. The molecule has 10 heteroatoms. The van der Waals surface area contributed by atoms with Crippen LogP contribution in [0.3, 0.4) is 0 Å². The van der Waals surface area contributed by atoms with Crippen LogP contribution in [0.5, 0.6) is 23.0 Å². The van der Waals surface area contributed by atoms with Gasteiger partial charge in [0.2, 0.25) is 0 Å². The first kappa shape index (κ1) is 24.9. The first-order chi connectivity index (χ1) is 18.0. The van der Waals surface area contributed by atoms with E-state index in [0.717, 1.165) is 13.1 Å². The number of methoxy groups -OCH3 is 2. The maximum Gasteiger partial charge on any atom is 0.295 e. The van der Waals surface area contributed by atoms with Gasteiger partial charge in [-0.05, 0) is 24.3 Å². The van der Waals surface area contributed by atoms with Gasteiger partial charge in [-0.25, -0.2) is 0 Å². The first-order valence-electron chi connectivity index (χ1n) is 12.2. The van der Waals surface area contributed by atoms with Gasteiger partial charge in [0.05, 0.1) is 39.0 Å². The Hall–Kier alpha value is -3.76. The lowest BCUT2D eigenvalue weighted by Crippen LogP contribution is -2.42. The molecule has 0 radical (unpaired) electrons. The largest absolute Gasteiger partial charge is 0.507 e. The highest BCUT2D eigenvalue weighted by Gasteiger charge is 2.47. The Kier molecular flexibility index (Phi) is 7.20. The highest BCUT2D eigenvalue weighted by Crippen LogP contribution is 2.46. The van der Waals surface area contributed by atoms with Gasteiger partial charge in [0, 0.05) is 37.3 Å². The number of amides is 1. The molecular formula is C27H30N2O8. The van der Waals surface area contributed by atoms with Crippen LogP contribution in [0.1, 0.15) is 17.2 Å². The summed E-state index contributed by atoms with van der Waals surface area (Å²) >= 11 is 0. The Bertz CT molecular complexity index is 1220. The maximum absolute atomic E-state index is 13.4. The Labute approximate surface area is 214 Å². The number of morpholine rings is 1. The minimum absolute atomic E-state index is 0.0183. The van der Waals surface area contributed by atoms with Crippen LogP contribution < -0.4 is 18.9 Å². The number of carbonyl (C=O) groups excluding carboxylic acids is 2. The quantitative estimate of drug-likeness (QED) is 0.341. The van der Waals surface area contributed by atoms with Crippen LogP contribution in [0.25, 0.3) is 5.76 Å². The molecule has 2 saturated heterocycles. The average Bonchev–Trinajstić information content (AvgIpc) is 3.20. The van der Waals surface area contributed by atoms with E-state index >= 15 is 0 Å². The monoisotopic (exact) mass is 510 g/mol. The van der Waals surface area contributed by atoms with E-state index in [1.807, 2.05) is 0 Å². The number of carbonyl (C=O) groups is 2. The second-order valence-electron chi connectivity index (χ2n) is 8.89. The van der Waals surface area contributed by atoms with Gasteiger partial charge in [-0.2, -0.15) is 0 Å². The topological polar surface area (TPSA) is 107 Å². The van der Waals surface area contributed by atoms with Crippen LogP contribution in [-0.4, -0.2) is 93.4 Å². The van der Waals surface area contributed by atoms with E-state index in [9.17, 15) is 14.7 Å². The molecule has 37 heavy (non-hydrogen) atoms. The summed E-state index contributed by atoms with van der Waals surface area (Å²) in [5, 5.41) is 11.5. The van der Waals surface area contributed by atoms with Crippen molar-refractivity contribution < 1.29 is 38.4 Å². The predicted octanol–water partition coefficient (Wildman–Crippen LogP) is 2.23. The molecule has 3 heterocycles. The summed E-state index contributed by atoms with van der Waals surface area (Å²) in [5.41, 5.74) is 0.875. The van der Waals surface area contributed by atoms with Gasteiger partial charge < -0.3 is 33.7 Å². The number of nitrogens with zero attached hydrogens (tertiary/aromatic N) is 2. The molecular weight excluding hydrogens is 480 g/mol. The van der Waals surface area contributed by atoms with Crippen molar-refractivity contribution in [1.82, 2.24) is 9.80 Å². The molecule has 5 rings (SSSR count). The highest BCUT2D eigenvalue weighted by molar-refractivity contribution is 6.46. The molecule has 1 N–H and O–H groups in total. The lowest BCUT2D eigenvalue weighted by Gasteiger charge is -2.31. The van der Waals surface area contributed by atoms with Crippen molar-refractivity contribution in [3.63, 3.8) is 0 Å². The molecule has 3 aliphatic rings. The van der Waals surface area contributed by atoms with Gasteiger partial charge in [-0.15, -0.1) is 0 Å². The SMILES string of the molecule is COc1cccc([C@H]2C(=C(O)c3ccc4c(c3)OCCO4)C(=O)C(=O)N2CCN2CCOCC2)c1OC. The molecule has 0 aliphatic carbocycles. The molecule has 2 aromatic rings. The Morgan fingerprint density at radius 1 is 0.973 bits per heavy atom. The summed E-state index contributed by atoms with van der Waals surface area (Å²) in [5.74, 6) is 0.136. The summed E-state index contributed by atoms with van der Waals surface area (Å²) in [6.45, 7) is 4.39. The number of aliphatic hydroxyl groups is 1. The predicted molar refractivity (Wildman–Crippen MR) is 133 cm³/mol. The summed E-state index contributed by atoms with van der Waals surface area (Å²) in [7, 11) is 3.02. The smallest absolute Gasteiger partial charge is 0.295 e. The van der Waals surface area contributed by atoms with Gasteiger partial charge in [0.1, 0.15) is 19.0 Å². The molecule has 3 aliphatic heterocycles. The van der Waals surface area contributed by atoms with Gasteiger partial charge >= 0.3 is 0 Å². The number of hydrogen-bond acceptors (Lipinski definition) is 9. The third-order valence-electron chi connectivity index (χ3n) is 6.84. The van der Waals surface area contributed by atoms with E-state index in [1.165, 1.54) is 19.1 Å². The van der Waals surface area contributed by atoms with Crippen LogP contribution in [0, 0.1) is 0 Å². The number of fused-ring (bicyclic) bond motifs is 1. The third-order valence-corrected chi connectivity index (χ3v) is 6.84. The number of hydrogen-bond donors (Lipinski definition) is 1. The molecule has 1 atom stereocenters. The number of Topliss-reactive ketones (excluding diaryl/α,β-unsaturated/α-hetero) is 1. The Balaban J connectivity index is 1.60. The zero-order valence-electron chi connectivity index (χ0n) is 20.9. The number of aliphatic hydroxyl groups excluding tert-OH is 1. The van der Waals surface area contributed by atoms with Crippen LogP contribution in [0.2, 0.25) is 0 Å². The summed E-state index contributed by atoms with van der Waals surface area (Å²) in [4.78, 5) is 30.5. The highest BCUT2D eigenvalue weighted by atomic mass is 16.6. The van der Waals surface area contributed by atoms with Crippen LogP contribution in [0.15, 0.2) is 42.0 Å². The minimum atomic E-state index is -0.876. The molecule has 0 saturated carbocycles. The number of ketones is 1. The van der Waals surface area contributed by atoms with Crippen molar-refractivity contribution in [3.8, 4) is 23.0 Å². The Morgan fingerprint density at radius 2 is 1.73 bits per heavy atom. The Morgan fingerprint density at radius 3 is 2.46 bits per heavy atom. The molecule has 10 nitrogen and oxygen atoms in total. The van der Waals surface area contributed by atoms with E-state index < -0.39 is 17.7 Å². The van der Waals surface area contributed by atoms with Gasteiger partial charge in [-0.1, -0.05) is 12.1 Å². The molecule has 0 aromatic heterocycles. The minimum Gasteiger partial charge on any atom is -0.507 e. The lowest BCUT2D eigenvalue weighted by molar-refractivity contribution is -0.140. The number of rotatable bonds is 7. The van der Waals surface area contributed by atoms with Crippen molar-refractivity contribution in [2.75, 3.05) is 66.8 Å². The van der Waals surface area contributed by atoms with Crippen molar-refractivity contribution in [2.45, 2.75) is 6.04 Å². The van der Waals surface area contributed by atoms with Crippen molar-refractivity contribution >= 4 is 17.4 Å². The van der Waals surface area contributed by atoms with Crippen molar-refractivity contribution in [1.29, 1.82) is 0 Å². The maximum atomic E-state index is 13.4. The summed E-state index contributed by atoms with van der Waals surface area (Å²) in [6, 6.07) is 9.34. The van der Waals surface area contributed by atoms with E-state index in [-0.39, 0.29) is 17.9 Å². The first-order valence-corrected chi connectivity index (χ1v) is 12.2. The molecule has 196 valence electrons. The van der Waals surface area contributed by atoms with Crippen molar-refractivity contribution in [3.05, 3.63) is 53.1 Å². The molecule has 0 spiro atoms. The fourth-order valence-corrected chi connectivity index (χ4v) is 4.98. The van der Waals surface area contributed by atoms with E-state index in [4.69, 9.17) is 23.7 Å². The van der Waals surface area contributed by atoms with Crippen LogP contribution in [-0.2, 0) is 14.3 Å². The van der Waals surface area contributed by atoms with Crippen LogP contribution in [0.4, 0.5) is 0 Å². The van der Waals surface area contributed by atoms with E-state index in [0.29, 0.717) is 67.1 Å². The number of ether oxygens (including phenoxy) is 5. The molecule has 2 aromatic carbocycles. The van der Waals surface area contributed by atoms with Gasteiger partial charge in [-0.3, -0.25) is 14.5 Å². The standard InChI is InChI=1S/C27H30N2O8/c1-33-20-5-3-4-18(26(20)34-2)23-22(24(30)17-6-7-19-21(16-17)37-15-14-36-19)25(31)27(32)29(23)9-8-28-10-12-35-13-11-28/h3-7,16,23,30H,8-15H2,1-2H3/t23-/m0/s1. The second-order valence-corrected chi connectivity index (χ2v) is 8.89. The second kappa shape index (κ2) is 10.7. The van der Waals surface area contributed by atoms with Crippen LogP contribution >= 0.6 is 0 Å². The fraction of sp³-hybridized carbons (Fsp3) is 0.407. The molecule has 1 amide bonds. The summed E-state index contributed by atoms with van der Waals surface area (Å²) in [6.07, 6.45) is 0.